The van der Waals surface area contributed by atoms with Crippen molar-refractivity contribution in [3.05, 3.63) is 245 Å². The molecule has 11 nitrogen and oxygen atoms in total. The Balaban J connectivity index is 0.000000204. The van der Waals surface area contributed by atoms with E-state index in [-0.39, 0.29) is 23.1 Å². The summed E-state index contributed by atoms with van der Waals surface area (Å²) in [7, 11) is 0. The molecule has 0 amide bonds. The van der Waals surface area contributed by atoms with Gasteiger partial charge in [-0.3, -0.25) is 24.2 Å². The number of benzene rings is 4. The van der Waals surface area contributed by atoms with Gasteiger partial charge in [0.05, 0.1) is 11.4 Å². The molecule has 0 aliphatic rings. The lowest BCUT2D eigenvalue weighted by atomic mass is 9.96. The van der Waals surface area contributed by atoms with Crippen molar-refractivity contribution in [2.45, 2.75) is 59.3 Å². The van der Waals surface area contributed by atoms with Gasteiger partial charge in [0.15, 0.2) is 23.1 Å². The predicted octanol–water partition coefficient (Wildman–Crippen LogP) is 10.0. The summed E-state index contributed by atoms with van der Waals surface area (Å²) < 4.78 is 0. The number of nitrogens with zero attached hydrogens (tertiary/aromatic N) is 7. The summed E-state index contributed by atoms with van der Waals surface area (Å²) in [5.74, 6) is 1.41. The molecule has 0 unspecified atom stereocenters. The van der Waals surface area contributed by atoms with E-state index in [9.17, 15) is 19.2 Å². The number of pyridine rings is 1. The summed E-state index contributed by atoms with van der Waals surface area (Å²) >= 11 is 0. The lowest BCUT2D eigenvalue weighted by Gasteiger charge is -2.10. The monoisotopic (exact) mass is 909 g/mol. The quantitative estimate of drug-likeness (QED) is 0.0596. The lowest BCUT2D eigenvalue weighted by molar-refractivity contribution is -0.114. The van der Waals surface area contributed by atoms with Gasteiger partial charge in [0.1, 0.15) is 18.0 Å². The van der Waals surface area contributed by atoms with Crippen LogP contribution in [0.15, 0.2) is 172 Å². The Kier molecular flexibility index (Phi) is 16.3. The van der Waals surface area contributed by atoms with E-state index in [1.54, 1.807) is 55.2 Å². The summed E-state index contributed by atoms with van der Waals surface area (Å²) in [5, 5.41) is 0. The highest BCUT2D eigenvalue weighted by atomic mass is 16.1. The molecule has 69 heavy (non-hydrogen) atoms. The van der Waals surface area contributed by atoms with E-state index in [1.165, 1.54) is 18.5 Å². The molecule has 0 bridgehead atoms. The van der Waals surface area contributed by atoms with Crippen molar-refractivity contribution < 1.29 is 19.2 Å². The number of rotatable bonds is 18. The molecule has 11 heteroatoms. The molecule has 4 heterocycles. The second kappa shape index (κ2) is 23.2. The number of hydrogen-bond acceptors (Lipinski definition) is 11. The Morgan fingerprint density at radius 1 is 0.493 bits per heavy atom. The minimum absolute atomic E-state index is 0.0266. The third kappa shape index (κ3) is 13.7. The minimum Gasteiger partial charge on any atom is -0.295 e. The maximum absolute atomic E-state index is 12.9. The van der Waals surface area contributed by atoms with Crippen molar-refractivity contribution in [1.29, 1.82) is 0 Å². The fourth-order valence-electron chi connectivity index (χ4n) is 7.58. The van der Waals surface area contributed by atoms with Gasteiger partial charge in [0.25, 0.3) is 0 Å². The third-order valence-electron chi connectivity index (χ3n) is 11.4. The van der Waals surface area contributed by atoms with E-state index in [0.717, 1.165) is 78.5 Å². The van der Waals surface area contributed by atoms with Crippen molar-refractivity contribution >= 4 is 23.1 Å². The van der Waals surface area contributed by atoms with Gasteiger partial charge in [0, 0.05) is 97.5 Å². The van der Waals surface area contributed by atoms with Crippen LogP contribution in [-0.4, -0.2) is 58.0 Å². The Hall–Kier alpha value is -8.57. The van der Waals surface area contributed by atoms with Gasteiger partial charge in [0.2, 0.25) is 0 Å². The summed E-state index contributed by atoms with van der Waals surface area (Å²) in [6, 6.07) is 34.2. The van der Waals surface area contributed by atoms with Crippen LogP contribution in [0.5, 0.6) is 0 Å². The molecule has 0 saturated heterocycles. The number of ketones is 4. The molecule has 0 aliphatic carbocycles. The van der Waals surface area contributed by atoms with Gasteiger partial charge >= 0.3 is 0 Å². The topological polar surface area (TPSA) is 159 Å². The first-order chi connectivity index (χ1) is 33.4. The van der Waals surface area contributed by atoms with Gasteiger partial charge in [-0.15, -0.1) is 0 Å². The average Bonchev–Trinajstić information content (AvgIpc) is 3.37. The number of aromatic nitrogens is 7. The van der Waals surface area contributed by atoms with Gasteiger partial charge < -0.3 is 0 Å². The van der Waals surface area contributed by atoms with E-state index in [0.29, 0.717) is 55.5 Å². The van der Waals surface area contributed by atoms with Crippen LogP contribution in [0.2, 0.25) is 0 Å². The molecular formula is C58H51N7O4. The SMILES string of the molecule is C=CC(=O)Cc1ccc(C(=O)Cc2ccc(C)c(Cc3nc(C)cc(-c4cccnc4)n3)c2)cc1.C=CC(=O)Cc1ccc(C(=O)Cc2ccc(C)c(Cc3nccc(-c4cncnc4)n3)c2)cc1. The Morgan fingerprint density at radius 3 is 1.52 bits per heavy atom. The zero-order valence-corrected chi connectivity index (χ0v) is 38.9. The van der Waals surface area contributed by atoms with Crippen molar-refractivity contribution in [3.63, 3.8) is 0 Å². The second-order valence-electron chi connectivity index (χ2n) is 16.7. The third-order valence-corrected chi connectivity index (χ3v) is 11.4. The number of hydrogen-bond donors (Lipinski definition) is 0. The Morgan fingerprint density at radius 2 is 1.00 bits per heavy atom. The van der Waals surface area contributed by atoms with Gasteiger partial charge in [-0.25, -0.2) is 29.9 Å². The Bertz CT molecular complexity index is 3140. The van der Waals surface area contributed by atoms with Crippen LogP contribution in [0.25, 0.3) is 22.5 Å². The fourth-order valence-corrected chi connectivity index (χ4v) is 7.58. The summed E-state index contributed by atoms with van der Waals surface area (Å²) in [6.07, 6.45) is 15.1. The number of carbonyl (C=O) groups is 4. The lowest BCUT2D eigenvalue weighted by Crippen LogP contribution is -2.06. The van der Waals surface area contributed by atoms with Crippen molar-refractivity contribution in [2.24, 2.45) is 0 Å². The van der Waals surface area contributed by atoms with E-state index in [1.807, 2.05) is 92.7 Å². The minimum atomic E-state index is -0.0436. The first-order valence-corrected chi connectivity index (χ1v) is 22.5. The van der Waals surface area contributed by atoms with E-state index >= 15 is 0 Å². The smallest absolute Gasteiger partial charge is 0.167 e. The van der Waals surface area contributed by atoms with Crippen molar-refractivity contribution in [2.75, 3.05) is 0 Å². The maximum atomic E-state index is 12.9. The van der Waals surface area contributed by atoms with Crippen LogP contribution in [0.3, 0.4) is 0 Å². The number of aryl methyl sites for hydroxylation is 3. The average molecular weight is 910 g/mol. The Labute approximate surface area is 402 Å². The van der Waals surface area contributed by atoms with Crippen LogP contribution in [-0.2, 0) is 48.1 Å². The molecule has 0 spiro atoms. The maximum Gasteiger partial charge on any atom is 0.167 e. The first kappa shape index (κ1) is 48.4. The molecule has 0 atom stereocenters. The van der Waals surface area contributed by atoms with E-state index in [2.05, 4.69) is 56.1 Å². The predicted molar refractivity (Wildman–Crippen MR) is 268 cm³/mol. The molecule has 0 N–H and O–H groups in total. The largest absolute Gasteiger partial charge is 0.295 e. The molecule has 4 aromatic heterocycles. The molecule has 0 radical (unpaired) electrons. The van der Waals surface area contributed by atoms with Crippen LogP contribution in [0, 0.1) is 20.8 Å². The highest BCUT2D eigenvalue weighted by molar-refractivity contribution is 5.98. The molecule has 0 aliphatic heterocycles. The molecule has 4 aromatic carbocycles. The van der Waals surface area contributed by atoms with Gasteiger partial charge in [-0.05, 0) is 102 Å². The molecule has 342 valence electrons. The van der Waals surface area contributed by atoms with Gasteiger partial charge in [-0.1, -0.05) is 98.1 Å². The van der Waals surface area contributed by atoms with Crippen LogP contribution >= 0.6 is 0 Å². The molecular weight excluding hydrogens is 859 g/mol. The molecule has 8 aromatic rings. The van der Waals surface area contributed by atoms with Crippen LogP contribution < -0.4 is 0 Å². The second-order valence-corrected chi connectivity index (χ2v) is 16.7. The van der Waals surface area contributed by atoms with E-state index in [4.69, 9.17) is 4.98 Å². The summed E-state index contributed by atoms with van der Waals surface area (Å²) in [4.78, 5) is 79.6. The highest BCUT2D eigenvalue weighted by Gasteiger charge is 2.14. The van der Waals surface area contributed by atoms with E-state index < -0.39 is 0 Å². The van der Waals surface area contributed by atoms with Crippen LogP contribution in [0.4, 0.5) is 0 Å². The zero-order chi connectivity index (χ0) is 48.7. The van der Waals surface area contributed by atoms with Crippen molar-refractivity contribution in [1.82, 2.24) is 34.9 Å². The zero-order valence-electron chi connectivity index (χ0n) is 38.9. The number of Topliss-reactive ketones (excluding diaryl/α,β-unsaturated/α-hetero) is 2. The summed E-state index contributed by atoms with van der Waals surface area (Å²) in [5.41, 5.74) is 13.6. The first-order valence-electron chi connectivity index (χ1n) is 22.5. The highest BCUT2D eigenvalue weighted by Crippen LogP contribution is 2.22. The fraction of sp³-hybridized carbons (Fsp3) is 0.155. The molecule has 0 saturated carbocycles. The molecule has 0 fully saturated rings. The normalized spacial score (nSPS) is 10.7. The van der Waals surface area contributed by atoms with Crippen LogP contribution in [0.1, 0.15) is 82.6 Å². The standard InChI is InChI=1S/C30H27N3O2.C28H24N4O2/c1-4-27(34)16-22-9-11-24(12-10-22)29(35)17-23-8-7-20(2)26(15-23)18-30-32-21(3)14-28(33-30)25-6-5-13-31-19-25;1-3-25(33)13-20-6-8-22(9-7-20)27(34)14-21-5-4-19(2)23(12-21)15-28-31-11-10-26(32-28)24-16-29-18-30-17-24/h4-15,19H,1,16-18H2,2-3H3;3-12,16-18H,1,13-15H2,2H3. The van der Waals surface area contributed by atoms with Gasteiger partial charge in [-0.2, -0.15) is 0 Å². The number of carbonyl (C=O) groups excluding carboxylic acids is 4. The van der Waals surface area contributed by atoms with Crippen molar-refractivity contribution in [3.8, 4) is 22.5 Å². The molecule has 8 rings (SSSR count). The number of allylic oxidation sites excluding steroid dienone is 2. The summed E-state index contributed by atoms with van der Waals surface area (Å²) in [6.45, 7) is 13.0.